The number of aliphatic hydroxyl groups is 1. The molecule has 1 heterocycles. The molecule has 88 valence electrons. The number of aryl methyl sites for hydroxylation is 1. The lowest BCUT2D eigenvalue weighted by Crippen LogP contribution is -1.97. The molecule has 1 aromatic carbocycles. The van der Waals surface area contributed by atoms with Crippen LogP contribution in [0.5, 0.6) is 11.6 Å². The van der Waals surface area contributed by atoms with E-state index in [1.807, 2.05) is 43.3 Å². The van der Waals surface area contributed by atoms with Crippen molar-refractivity contribution < 1.29 is 9.84 Å². The Morgan fingerprint density at radius 2 is 2.00 bits per heavy atom. The zero-order valence-corrected chi connectivity index (χ0v) is 9.76. The van der Waals surface area contributed by atoms with Gasteiger partial charge in [0.2, 0.25) is 5.88 Å². The van der Waals surface area contributed by atoms with Crippen LogP contribution in [0.2, 0.25) is 0 Å². The highest BCUT2D eigenvalue weighted by Gasteiger charge is 2.06. The molecule has 1 aromatic heterocycles. The summed E-state index contributed by atoms with van der Waals surface area (Å²) in [5.41, 5.74) is 1.98. The third-order valence-corrected chi connectivity index (χ3v) is 2.52. The summed E-state index contributed by atoms with van der Waals surface area (Å²) in [6.07, 6.45) is 2.29. The van der Waals surface area contributed by atoms with Crippen molar-refractivity contribution in [1.82, 2.24) is 4.98 Å². The molecule has 0 atom stereocenters. The Hall–Kier alpha value is -1.87. The molecule has 0 radical (unpaired) electrons. The van der Waals surface area contributed by atoms with Gasteiger partial charge in [0.1, 0.15) is 5.75 Å². The highest BCUT2D eigenvalue weighted by atomic mass is 16.5. The van der Waals surface area contributed by atoms with Gasteiger partial charge in [0, 0.05) is 18.4 Å². The number of hydrogen-bond acceptors (Lipinski definition) is 3. The van der Waals surface area contributed by atoms with Crippen LogP contribution in [-0.4, -0.2) is 16.7 Å². The Morgan fingerprint density at radius 1 is 1.18 bits per heavy atom. The SMILES string of the molecule is Cc1cccnc1Oc1ccccc1CCO. The lowest BCUT2D eigenvalue weighted by Gasteiger charge is -2.10. The van der Waals surface area contributed by atoms with E-state index in [1.54, 1.807) is 6.20 Å². The third kappa shape index (κ3) is 2.82. The number of ether oxygens (including phenoxy) is 1. The van der Waals surface area contributed by atoms with Crippen molar-refractivity contribution in [2.45, 2.75) is 13.3 Å². The maximum Gasteiger partial charge on any atom is 0.222 e. The number of pyridine rings is 1. The molecule has 3 heteroatoms. The molecule has 2 aromatic rings. The summed E-state index contributed by atoms with van der Waals surface area (Å²) in [5.74, 6) is 1.36. The van der Waals surface area contributed by atoms with Gasteiger partial charge in [-0.2, -0.15) is 0 Å². The van der Waals surface area contributed by atoms with E-state index in [9.17, 15) is 0 Å². The van der Waals surface area contributed by atoms with Crippen LogP contribution < -0.4 is 4.74 Å². The third-order valence-electron chi connectivity index (χ3n) is 2.52. The summed E-state index contributed by atoms with van der Waals surface area (Å²) in [6.45, 7) is 2.07. The van der Waals surface area contributed by atoms with E-state index >= 15 is 0 Å². The minimum Gasteiger partial charge on any atom is -0.438 e. The first kappa shape index (κ1) is 11.6. The second-order valence-electron chi connectivity index (χ2n) is 3.81. The number of aromatic nitrogens is 1. The summed E-state index contributed by atoms with van der Waals surface area (Å²) < 4.78 is 5.77. The van der Waals surface area contributed by atoms with Crippen molar-refractivity contribution >= 4 is 0 Å². The van der Waals surface area contributed by atoms with Gasteiger partial charge in [-0.3, -0.25) is 0 Å². The average molecular weight is 229 g/mol. The molecule has 0 unspecified atom stereocenters. The Kier molecular flexibility index (Phi) is 3.73. The molecule has 1 N–H and O–H groups in total. The first-order chi connectivity index (χ1) is 8.31. The summed E-state index contributed by atoms with van der Waals surface area (Å²) in [5, 5.41) is 8.99. The highest BCUT2D eigenvalue weighted by Crippen LogP contribution is 2.25. The van der Waals surface area contributed by atoms with Gasteiger partial charge >= 0.3 is 0 Å². The fourth-order valence-electron chi connectivity index (χ4n) is 1.61. The maximum atomic E-state index is 8.99. The van der Waals surface area contributed by atoms with E-state index in [-0.39, 0.29) is 6.61 Å². The Balaban J connectivity index is 2.27. The summed E-state index contributed by atoms with van der Waals surface area (Å²) in [7, 11) is 0. The van der Waals surface area contributed by atoms with Gasteiger partial charge in [-0.1, -0.05) is 24.3 Å². The number of aliphatic hydroxyl groups excluding tert-OH is 1. The van der Waals surface area contributed by atoms with Crippen LogP contribution in [-0.2, 0) is 6.42 Å². The second kappa shape index (κ2) is 5.46. The van der Waals surface area contributed by atoms with Crippen LogP contribution in [0, 0.1) is 6.92 Å². The zero-order valence-electron chi connectivity index (χ0n) is 9.76. The van der Waals surface area contributed by atoms with Crippen LogP contribution in [0.25, 0.3) is 0 Å². The average Bonchev–Trinajstić information content (AvgIpc) is 2.35. The molecule has 0 spiro atoms. The van der Waals surface area contributed by atoms with Gasteiger partial charge in [-0.05, 0) is 31.0 Å². The van der Waals surface area contributed by atoms with Crippen molar-refractivity contribution in [1.29, 1.82) is 0 Å². The normalized spacial score (nSPS) is 10.2. The lowest BCUT2D eigenvalue weighted by molar-refractivity contribution is 0.297. The van der Waals surface area contributed by atoms with Gasteiger partial charge in [0.25, 0.3) is 0 Å². The zero-order chi connectivity index (χ0) is 12.1. The molecule has 0 bridgehead atoms. The summed E-state index contributed by atoms with van der Waals surface area (Å²) in [6, 6.07) is 11.5. The smallest absolute Gasteiger partial charge is 0.222 e. The molecular formula is C14H15NO2. The number of benzene rings is 1. The minimum absolute atomic E-state index is 0.113. The molecule has 0 amide bonds. The van der Waals surface area contributed by atoms with E-state index in [1.165, 1.54) is 0 Å². The van der Waals surface area contributed by atoms with Gasteiger partial charge < -0.3 is 9.84 Å². The predicted octanol–water partition coefficient (Wildman–Crippen LogP) is 2.72. The molecule has 2 rings (SSSR count). The van der Waals surface area contributed by atoms with Crippen LogP contribution in [0.1, 0.15) is 11.1 Å². The van der Waals surface area contributed by atoms with E-state index in [0.29, 0.717) is 12.3 Å². The Morgan fingerprint density at radius 3 is 2.76 bits per heavy atom. The molecule has 17 heavy (non-hydrogen) atoms. The largest absolute Gasteiger partial charge is 0.438 e. The number of rotatable bonds is 4. The van der Waals surface area contributed by atoms with Crippen LogP contribution in [0.15, 0.2) is 42.6 Å². The topological polar surface area (TPSA) is 42.4 Å². The van der Waals surface area contributed by atoms with Crippen LogP contribution >= 0.6 is 0 Å². The standard InChI is InChI=1S/C14H15NO2/c1-11-5-4-9-15-14(11)17-13-7-3-2-6-12(13)8-10-16/h2-7,9,16H,8,10H2,1H3. The fraction of sp³-hybridized carbons (Fsp3) is 0.214. The molecular weight excluding hydrogens is 214 g/mol. The molecule has 0 saturated carbocycles. The molecule has 0 fully saturated rings. The minimum atomic E-state index is 0.113. The van der Waals surface area contributed by atoms with Crippen molar-refractivity contribution in [2.75, 3.05) is 6.61 Å². The molecule has 0 aliphatic heterocycles. The Labute approximate surface area is 101 Å². The molecule has 0 saturated heterocycles. The maximum absolute atomic E-state index is 8.99. The van der Waals surface area contributed by atoms with E-state index in [0.717, 1.165) is 16.9 Å². The predicted molar refractivity (Wildman–Crippen MR) is 66.3 cm³/mol. The van der Waals surface area contributed by atoms with Crippen molar-refractivity contribution in [2.24, 2.45) is 0 Å². The van der Waals surface area contributed by atoms with Crippen molar-refractivity contribution in [3.63, 3.8) is 0 Å². The second-order valence-corrected chi connectivity index (χ2v) is 3.81. The monoisotopic (exact) mass is 229 g/mol. The first-order valence-electron chi connectivity index (χ1n) is 5.59. The van der Waals surface area contributed by atoms with E-state index in [2.05, 4.69) is 4.98 Å². The quantitative estimate of drug-likeness (QED) is 0.876. The van der Waals surface area contributed by atoms with Gasteiger partial charge in [0.05, 0.1) is 0 Å². The Bertz CT molecular complexity index is 497. The van der Waals surface area contributed by atoms with Crippen molar-refractivity contribution in [3.8, 4) is 11.6 Å². The lowest BCUT2D eigenvalue weighted by atomic mass is 10.1. The first-order valence-corrected chi connectivity index (χ1v) is 5.59. The van der Waals surface area contributed by atoms with E-state index in [4.69, 9.17) is 9.84 Å². The van der Waals surface area contributed by atoms with Gasteiger partial charge in [-0.15, -0.1) is 0 Å². The molecule has 0 aliphatic carbocycles. The summed E-state index contributed by atoms with van der Waals surface area (Å²) in [4.78, 5) is 4.19. The number of hydrogen-bond donors (Lipinski definition) is 1. The van der Waals surface area contributed by atoms with Crippen LogP contribution in [0.3, 0.4) is 0 Å². The highest BCUT2D eigenvalue weighted by molar-refractivity contribution is 5.37. The summed E-state index contributed by atoms with van der Waals surface area (Å²) >= 11 is 0. The van der Waals surface area contributed by atoms with E-state index < -0.39 is 0 Å². The molecule has 3 nitrogen and oxygen atoms in total. The van der Waals surface area contributed by atoms with Crippen LogP contribution in [0.4, 0.5) is 0 Å². The number of para-hydroxylation sites is 1. The van der Waals surface area contributed by atoms with Gasteiger partial charge in [0.15, 0.2) is 0 Å². The fourth-order valence-corrected chi connectivity index (χ4v) is 1.61. The molecule has 0 aliphatic rings. The van der Waals surface area contributed by atoms with Gasteiger partial charge in [-0.25, -0.2) is 4.98 Å². The number of nitrogens with zero attached hydrogens (tertiary/aromatic N) is 1. The van der Waals surface area contributed by atoms with Crippen molar-refractivity contribution in [3.05, 3.63) is 53.7 Å².